The van der Waals surface area contributed by atoms with E-state index in [-0.39, 0.29) is 31.8 Å². The third-order valence-corrected chi connectivity index (χ3v) is 4.70. The van der Waals surface area contributed by atoms with E-state index in [0.717, 1.165) is 11.1 Å². The minimum atomic E-state index is -0.881. The predicted molar refractivity (Wildman–Crippen MR) is 106 cm³/mol. The van der Waals surface area contributed by atoms with Gasteiger partial charge in [0.1, 0.15) is 30.8 Å². The van der Waals surface area contributed by atoms with Crippen LogP contribution in [-0.4, -0.2) is 53.2 Å². The van der Waals surface area contributed by atoms with Crippen LogP contribution in [-0.2, 0) is 5.41 Å². The molecule has 0 aliphatic rings. The normalized spacial score (nSPS) is 13.9. The Kier molecular flexibility index (Phi) is 7.92. The Balaban J connectivity index is 2.04. The molecule has 5 nitrogen and oxygen atoms in total. The molecule has 3 N–H and O–H groups in total. The second kappa shape index (κ2) is 9.95. The average molecular weight is 395 g/mol. The quantitative estimate of drug-likeness (QED) is 0.540. The minimum absolute atomic E-state index is 0.0557. The van der Waals surface area contributed by atoms with E-state index >= 15 is 0 Å². The molecule has 0 radical (unpaired) electrons. The van der Waals surface area contributed by atoms with Gasteiger partial charge < -0.3 is 24.8 Å². The van der Waals surface area contributed by atoms with E-state index in [1.165, 1.54) is 0 Å². The third kappa shape index (κ3) is 6.11. The summed E-state index contributed by atoms with van der Waals surface area (Å²) in [4.78, 5) is 0. The molecule has 148 valence electrons. The van der Waals surface area contributed by atoms with Crippen molar-refractivity contribution in [3.63, 3.8) is 0 Å². The van der Waals surface area contributed by atoms with Crippen LogP contribution in [0.2, 0.25) is 0 Å². The highest BCUT2D eigenvalue weighted by Gasteiger charge is 2.23. The minimum Gasteiger partial charge on any atom is -0.492 e. The van der Waals surface area contributed by atoms with Gasteiger partial charge in [0.05, 0.1) is 18.6 Å². The maximum absolute atomic E-state index is 9.35. The van der Waals surface area contributed by atoms with Gasteiger partial charge in [0.25, 0.3) is 0 Å². The van der Waals surface area contributed by atoms with Crippen LogP contribution in [0, 0.1) is 0 Å². The average Bonchev–Trinajstić information content (AvgIpc) is 2.70. The first-order chi connectivity index (χ1) is 12.9. The lowest BCUT2D eigenvalue weighted by atomic mass is 9.78. The topological polar surface area (TPSA) is 79.2 Å². The molecular formula is C21H27ClO5. The van der Waals surface area contributed by atoms with Gasteiger partial charge in [-0.25, -0.2) is 0 Å². The largest absolute Gasteiger partial charge is 0.492 e. The first-order valence-electron chi connectivity index (χ1n) is 8.87. The van der Waals surface area contributed by atoms with Crippen molar-refractivity contribution in [3.8, 4) is 11.5 Å². The molecule has 2 aromatic carbocycles. The van der Waals surface area contributed by atoms with E-state index in [4.69, 9.17) is 31.3 Å². The summed E-state index contributed by atoms with van der Waals surface area (Å²) in [5, 5.41) is 26.7. The summed E-state index contributed by atoms with van der Waals surface area (Å²) >= 11 is 5.85. The summed E-state index contributed by atoms with van der Waals surface area (Å²) in [6.45, 7) is 4.14. The fraction of sp³-hybridized carbons (Fsp3) is 0.429. The van der Waals surface area contributed by atoms with Gasteiger partial charge in [0.15, 0.2) is 0 Å². The summed E-state index contributed by atoms with van der Waals surface area (Å²) in [6, 6.07) is 15.5. The Morgan fingerprint density at radius 2 is 1.26 bits per heavy atom. The monoisotopic (exact) mass is 394 g/mol. The molecule has 0 bridgehead atoms. The number of hydrogen-bond acceptors (Lipinski definition) is 5. The maximum atomic E-state index is 9.35. The number of hydrogen-bond donors (Lipinski definition) is 3. The van der Waals surface area contributed by atoms with Crippen molar-refractivity contribution in [2.45, 2.75) is 30.7 Å². The molecule has 0 heterocycles. The van der Waals surface area contributed by atoms with Crippen molar-refractivity contribution in [3.05, 3.63) is 59.7 Å². The summed E-state index contributed by atoms with van der Waals surface area (Å²) < 4.78 is 11.0. The molecule has 0 aliphatic heterocycles. The number of benzene rings is 2. The zero-order valence-electron chi connectivity index (χ0n) is 15.6. The van der Waals surface area contributed by atoms with Gasteiger partial charge in [0.2, 0.25) is 0 Å². The molecule has 0 fully saturated rings. The Bertz CT molecular complexity index is 625. The molecule has 2 atom stereocenters. The van der Waals surface area contributed by atoms with Gasteiger partial charge in [-0.3, -0.25) is 0 Å². The van der Waals surface area contributed by atoms with E-state index in [2.05, 4.69) is 13.8 Å². The standard InChI is InChI=1S/C21H27ClO5/c1-21(2,15-3-7-19(8-4-15)26-13-17(22)11-23)16-5-9-20(10-6-16)27-14-18(25)12-24/h3-10,17-18,23-25H,11-14H2,1-2H3/t17-,18-/m0/s1. The van der Waals surface area contributed by atoms with Crippen molar-refractivity contribution in [2.24, 2.45) is 0 Å². The molecule has 0 spiro atoms. The van der Waals surface area contributed by atoms with Gasteiger partial charge in [-0.15, -0.1) is 11.6 Å². The molecule has 0 amide bonds. The fourth-order valence-corrected chi connectivity index (χ4v) is 2.65. The van der Waals surface area contributed by atoms with Gasteiger partial charge in [0, 0.05) is 5.41 Å². The van der Waals surface area contributed by atoms with Gasteiger partial charge in [-0.1, -0.05) is 38.1 Å². The number of halogens is 1. The maximum Gasteiger partial charge on any atom is 0.119 e. The zero-order chi connectivity index (χ0) is 19.9. The van der Waals surface area contributed by atoms with E-state index in [9.17, 15) is 5.11 Å². The van der Waals surface area contributed by atoms with Crippen LogP contribution in [0.15, 0.2) is 48.5 Å². The fourth-order valence-electron chi connectivity index (χ4n) is 2.59. The van der Waals surface area contributed by atoms with Crippen LogP contribution < -0.4 is 9.47 Å². The van der Waals surface area contributed by atoms with Gasteiger partial charge in [-0.2, -0.15) is 0 Å². The van der Waals surface area contributed by atoms with Crippen LogP contribution in [0.25, 0.3) is 0 Å². The van der Waals surface area contributed by atoms with E-state index < -0.39 is 11.5 Å². The van der Waals surface area contributed by atoms with Gasteiger partial charge in [-0.05, 0) is 35.4 Å². The van der Waals surface area contributed by atoms with E-state index in [1.54, 1.807) is 0 Å². The summed E-state index contributed by atoms with van der Waals surface area (Å²) in [5.74, 6) is 1.35. The van der Waals surface area contributed by atoms with E-state index in [1.807, 2.05) is 48.5 Å². The number of rotatable bonds is 10. The number of aliphatic hydroxyl groups excluding tert-OH is 3. The summed E-state index contributed by atoms with van der Waals surface area (Å²) in [5.41, 5.74) is 2.03. The van der Waals surface area contributed by atoms with Gasteiger partial charge >= 0.3 is 0 Å². The van der Waals surface area contributed by atoms with Crippen LogP contribution in [0.5, 0.6) is 11.5 Å². The van der Waals surface area contributed by atoms with Crippen molar-refractivity contribution in [2.75, 3.05) is 26.4 Å². The van der Waals surface area contributed by atoms with Crippen LogP contribution >= 0.6 is 11.6 Å². The van der Waals surface area contributed by atoms with Crippen molar-refractivity contribution >= 4 is 11.6 Å². The predicted octanol–water partition coefficient (Wildman–Crippen LogP) is 2.72. The Hall–Kier alpha value is -1.79. The van der Waals surface area contributed by atoms with Crippen LogP contribution in [0.1, 0.15) is 25.0 Å². The number of aliphatic hydroxyl groups is 3. The lowest BCUT2D eigenvalue weighted by Crippen LogP contribution is -2.21. The highest BCUT2D eigenvalue weighted by Crippen LogP contribution is 2.33. The molecule has 0 saturated heterocycles. The highest BCUT2D eigenvalue weighted by atomic mass is 35.5. The molecule has 0 aliphatic carbocycles. The van der Waals surface area contributed by atoms with Crippen molar-refractivity contribution < 1.29 is 24.8 Å². The molecular weight excluding hydrogens is 368 g/mol. The molecule has 6 heteroatoms. The zero-order valence-corrected chi connectivity index (χ0v) is 16.4. The number of ether oxygens (including phenoxy) is 2. The van der Waals surface area contributed by atoms with Crippen molar-refractivity contribution in [1.82, 2.24) is 0 Å². The molecule has 0 aromatic heterocycles. The molecule has 27 heavy (non-hydrogen) atoms. The van der Waals surface area contributed by atoms with E-state index in [0.29, 0.717) is 11.5 Å². The SMILES string of the molecule is CC(C)(c1ccc(OC[C@@H](O)CO)cc1)c1ccc(OC[C@@H](Cl)CO)cc1. The lowest BCUT2D eigenvalue weighted by molar-refractivity contribution is 0.0536. The van der Waals surface area contributed by atoms with Crippen LogP contribution in [0.4, 0.5) is 0 Å². The lowest BCUT2D eigenvalue weighted by Gasteiger charge is -2.26. The summed E-state index contributed by atoms with van der Waals surface area (Å²) in [7, 11) is 0. The summed E-state index contributed by atoms with van der Waals surface area (Å²) in [6.07, 6.45) is -0.881. The smallest absolute Gasteiger partial charge is 0.119 e. The second-order valence-corrected chi connectivity index (χ2v) is 7.53. The van der Waals surface area contributed by atoms with Crippen molar-refractivity contribution in [1.29, 1.82) is 0 Å². The molecule has 0 unspecified atom stereocenters. The number of alkyl halides is 1. The molecule has 2 aromatic rings. The Morgan fingerprint density at radius 3 is 1.67 bits per heavy atom. The highest BCUT2D eigenvalue weighted by molar-refractivity contribution is 6.20. The van der Waals surface area contributed by atoms with Crippen LogP contribution in [0.3, 0.4) is 0 Å². The first-order valence-corrected chi connectivity index (χ1v) is 9.31. The first kappa shape index (κ1) is 21.5. The molecule has 2 rings (SSSR count). The Labute approximate surface area is 165 Å². The second-order valence-electron chi connectivity index (χ2n) is 6.91. The molecule has 0 saturated carbocycles. The third-order valence-electron chi connectivity index (χ3n) is 4.43. The Morgan fingerprint density at radius 1 is 0.815 bits per heavy atom.